The molecule has 0 aliphatic carbocycles. The highest BCUT2D eigenvalue weighted by molar-refractivity contribution is 5.86. The number of esters is 1. The highest BCUT2D eigenvalue weighted by atomic mass is 16.6. The first-order valence-electron chi connectivity index (χ1n) is 8.53. The van der Waals surface area contributed by atoms with Gasteiger partial charge in [-0.1, -0.05) is 6.58 Å². The largest absolute Gasteiger partial charge is 0.459 e. The molecule has 0 N–H and O–H groups in total. The summed E-state index contributed by atoms with van der Waals surface area (Å²) in [5.74, 6) is -0.445. The third-order valence-electron chi connectivity index (χ3n) is 3.12. The maximum atomic E-state index is 11.5. The molecule has 1 unspecified atom stereocenters. The van der Waals surface area contributed by atoms with Crippen LogP contribution in [0.5, 0.6) is 0 Å². The molecule has 0 amide bonds. The summed E-state index contributed by atoms with van der Waals surface area (Å²) in [6.07, 6.45) is -0.370. The van der Waals surface area contributed by atoms with E-state index in [1.54, 1.807) is 6.92 Å². The van der Waals surface area contributed by atoms with Crippen molar-refractivity contribution in [2.45, 2.75) is 13.0 Å². The van der Waals surface area contributed by atoms with Gasteiger partial charge < -0.3 is 33.2 Å². The zero-order valence-electron chi connectivity index (χ0n) is 15.0. The minimum Gasteiger partial charge on any atom is -0.459 e. The molecule has 1 rings (SSSR count). The molecular weight excluding hydrogens is 332 g/mol. The predicted octanol–water partition coefficient (Wildman–Crippen LogP) is 0.588. The Labute approximate surface area is 149 Å². The second kappa shape index (κ2) is 15.2. The number of carbonyl (C=O) groups excluding carboxylic acids is 1. The van der Waals surface area contributed by atoms with Gasteiger partial charge in [-0.25, -0.2) is 4.79 Å². The molecule has 1 saturated heterocycles. The molecule has 146 valence electrons. The first-order chi connectivity index (χ1) is 12.2. The molecular formula is C17H30O8. The van der Waals surface area contributed by atoms with E-state index in [0.717, 1.165) is 0 Å². The Kier molecular flexibility index (Phi) is 13.4. The van der Waals surface area contributed by atoms with E-state index in [-0.39, 0.29) is 12.7 Å². The highest BCUT2D eigenvalue weighted by Crippen LogP contribution is 2.00. The van der Waals surface area contributed by atoms with Crippen LogP contribution in [0.3, 0.4) is 0 Å². The molecule has 0 aromatic heterocycles. The van der Waals surface area contributed by atoms with Gasteiger partial charge in [0.25, 0.3) is 0 Å². The fourth-order valence-electron chi connectivity index (χ4n) is 1.80. The van der Waals surface area contributed by atoms with Crippen molar-refractivity contribution < 1.29 is 38.0 Å². The van der Waals surface area contributed by atoms with Crippen molar-refractivity contribution in [2.75, 3.05) is 79.3 Å². The Bertz CT molecular complexity index is 343. The third-order valence-corrected chi connectivity index (χ3v) is 3.12. The van der Waals surface area contributed by atoms with Gasteiger partial charge in [0.15, 0.2) is 0 Å². The van der Waals surface area contributed by atoms with E-state index in [4.69, 9.17) is 33.2 Å². The topological polar surface area (TPSA) is 81.7 Å². The van der Waals surface area contributed by atoms with E-state index in [1.165, 1.54) is 0 Å². The summed E-state index contributed by atoms with van der Waals surface area (Å²) in [5, 5.41) is 0. The molecule has 0 aromatic rings. The van der Waals surface area contributed by atoms with Crippen LogP contribution in [-0.2, 0) is 38.0 Å². The number of ether oxygens (including phenoxy) is 7. The first kappa shape index (κ1) is 22.0. The van der Waals surface area contributed by atoms with Crippen molar-refractivity contribution in [3.05, 3.63) is 12.2 Å². The smallest absolute Gasteiger partial charge is 0.333 e. The molecule has 0 spiro atoms. The van der Waals surface area contributed by atoms with Crippen molar-refractivity contribution in [3.8, 4) is 0 Å². The van der Waals surface area contributed by atoms with Gasteiger partial charge in [0.2, 0.25) is 0 Å². The van der Waals surface area contributed by atoms with E-state index < -0.39 is 5.97 Å². The Morgan fingerprint density at radius 2 is 1.28 bits per heavy atom. The quantitative estimate of drug-likeness (QED) is 0.533. The van der Waals surface area contributed by atoms with Crippen LogP contribution in [-0.4, -0.2) is 91.4 Å². The highest BCUT2D eigenvalue weighted by Gasteiger charge is 2.13. The van der Waals surface area contributed by atoms with Crippen molar-refractivity contribution in [1.82, 2.24) is 0 Å². The van der Waals surface area contributed by atoms with Crippen LogP contribution in [0.25, 0.3) is 0 Å². The van der Waals surface area contributed by atoms with E-state index in [1.807, 2.05) is 0 Å². The van der Waals surface area contributed by atoms with Crippen LogP contribution in [0.4, 0.5) is 0 Å². The van der Waals surface area contributed by atoms with E-state index in [0.29, 0.717) is 78.2 Å². The fourth-order valence-corrected chi connectivity index (χ4v) is 1.80. The lowest BCUT2D eigenvalue weighted by atomic mass is 10.3. The van der Waals surface area contributed by atoms with Gasteiger partial charge in [0, 0.05) is 5.57 Å². The number of carbonyl (C=O) groups is 1. The number of hydrogen-bond acceptors (Lipinski definition) is 8. The molecule has 0 saturated carbocycles. The van der Waals surface area contributed by atoms with E-state index >= 15 is 0 Å². The standard InChI is InChI=1S/C17H30O8/c1-15(2)17(18)25-14-16-13-23-10-9-21-6-5-19-3-4-20-7-8-22-11-12-24-16/h16H,1,3-14H2,2H3. The SMILES string of the molecule is C=C(C)C(=O)OCC1COCCOCCOCCOCCOCCO1. The number of hydrogen-bond donors (Lipinski definition) is 0. The summed E-state index contributed by atoms with van der Waals surface area (Å²) in [7, 11) is 0. The van der Waals surface area contributed by atoms with Crippen molar-refractivity contribution in [3.63, 3.8) is 0 Å². The Hall–Kier alpha value is -1.03. The molecule has 1 atom stereocenters. The minimum absolute atomic E-state index is 0.101. The van der Waals surface area contributed by atoms with Gasteiger partial charge in [-0.3, -0.25) is 0 Å². The second-order valence-electron chi connectivity index (χ2n) is 5.40. The lowest BCUT2D eigenvalue weighted by molar-refractivity contribution is -0.146. The average molecular weight is 362 g/mol. The summed E-state index contributed by atoms with van der Waals surface area (Å²) in [6, 6.07) is 0. The monoisotopic (exact) mass is 362 g/mol. The maximum Gasteiger partial charge on any atom is 0.333 e. The van der Waals surface area contributed by atoms with Crippen LogP contribution in [0.15, 0.2) is 12.2 Å². The minimum atomic E-state index is -0.445. The van der Waals surface area contributed by atoms with Gasteiger partial charge >= 0.3 is 5.97 Å². The molecule has 0 bridgehead atoms. The molecule has 0 aromatic carbocycles. The van der Waals surface area contributed by atoms with E-state index in [2.05, 4.69) is 6.58 Å². The summed E-state index contributed by atoms with van der Waals surface area (Å²) in [5.41, 5.74) is 0.347. The number of rotatable bonds is 3. The van der Waals surface area contributed by atoms with Gasteiger partial charge in [-0.05, 0) is 6.92 Å². The van der Waals surface area contributed by atoms with Crippen LogP contribution in [0, 0.1) is 0 Å². The molecule has 1 aliphatic rings. The Morgan fingerprint density at radius 3 is 1.76 bits per heavy atom. The van der Waals surface area contributed by atoms with Crippen molar-refractivity contribution in [1.29, 1.82) is 0 Å². The van der Waals surface area contributed by atoms with Crippen molar-refractivity contribution in [2.24, 2.45) is 0 Å². The van der Waals surface area contributed by atoms with Crippen LogP contribution in [0.1, 0.15) is 6.92 Å². The lowest BCUT2D eigenvalue weighted by Crippen LogP contribution is -2.29. The Morgan fingerprint density at radius 1 is 0.840 bits per heavy atom. The molecule has 1 aliphatic heterocycles. The average Bonchev–Trinajstić information content (AvgIpc) is 2.60. The van der Waals surface area contributed by atoms with Gasteiger partial charge in [0.1, 0.15) is 12.7 Å². The molecule has 1 heterocycles. The Balaban J connectivity index is 2.31. The van der Waals surface area contributed by atoms with Gasteiger partial charge in [-0.15, -0.1) is 0 Å². The lowest BCUT2D eigenvalue weighted by Gasteiger charge is -2.18. The molecule has 8 nitrogen and oxygen atoms in total. The first-order valence-corrected chi connectivity index (χ1v) is 8.53. The maximum absolute atomic E-state index is 11.5. The summed E-state index contributed by atoms with van der Waals surface area (Å²) in [6.45, 7) is 10.3. The summed E-state index contributed by atoms with van der Waals surface area (Å²) >= 11 is 0. The zero-order valence-corrected chi connectivity index (χ0v) is 15.0. The van der Waals surface area contributed by atoms with Crippen molar-refractivity contribution >= 4 is 5.97 Å². The summed E-state index contributed by atoms with van der Waals surface area (Å²) < 4.78 is 37.9. The molecule has 8 heteroatoms. The second-order valence-corrected chi connectivity index (χ2v) is 5.40. The molecule has 1 fully saturated rings. The van der Waals surface area contributed by atoms with Gasteiger partial charge in [0.05, 0.1) is 72.7 Å². The molecule has 0 radical (unpaired) electrons. The van der Waals surface area contributed by atoms with Crippen LogP contribution < -0.4 is 0 Å². The van der Waals surface area contributed by atoms with Crippen LogP contribution in [0.2, 0.25) is 0 Å². The van der Waals surface area contributed by atoms with Crippen LogP contribution >= 0.6 is 0 Å². The fraction of sp³-hybridized carbons (Fsp3) is 0.824. The van der Waals surface area contributed by atoms with Gasteiger partial charge in [-0.2, -0.15) is 0 Å². The van der Waals surface area contributed by atoms with E-state index in [9.17, 15) is 4.79 Å². The zero-order chi connectivity index (χ0) is 18.2. The predicted molar refractivity (Wildman–Crippen MR) is 89.6 cm³/mol. The third kappa shape index (κ3) is 12.9. The normalized spacial score (nSPS) is 23.2. The molecule has 25 heavy (non-hydrogen) atoms. The summed E-state index contributed by atoms with van der Waals surface area (Å²) in [4.78, 5) is 11.5.